The molecule has 3 aromatic carbocycles. The van der Waals surface area contributed by atoms with Crippen LogP contribution in [0.15, 0.2) is 76.1 Å². The fourth-order valence-corrected chi connectivity index (χ4v) is 4.97. The number of sulfonamides is 1. The first-order chi connectivity index (χ1) is 14.7. The van der Waals surface area contributed by atoms with E-state index in [-0.39, 0.29) is 18.0 Å². The van der Waals surface area contributed by atoms with Crippen LogP contribution in [-0.2, 0) is 21.4 Å². The molecule has 0 atom stereocenters. The summed E-state index contributed by atoms with van der Waals surface area (Å²) < 4.78 is 28.5. The monoisotopic (exact) mass is 540 g/mol. The number of anilines is 1. The largest absolute Gasteiger partial charge is 0.350 e. The van der Waals surface area contributed by atoms with Crippen LogP contribution in [0, 0.1) is 6.92 Å². The number of hydrogen-bond donors (Lipinski definition) is 1. The highest BCUT2D eigenvalue weighted by molar-refractivity contribution is 9.10. The summed E-state index contributed by atoms with van der Waals surface area (Å²) in [4.78, 5) is 12.8. The second-order valence-electron chi connectivity index (χ2n) is 6.81. The minimum Gasteiger partial charge on any atom is -0.350 e. The van der Waals surface area contributed by atoms with E-state index in [0.717, 1.165) is 14.3 Å². The molecule has 0 bridgehead atoms. The number of halogens is 3. The minimum atomic E-state index is -3.96. The second-order valence-corrected chi connectivity index (χ2v) is 10.4. The Hall–Kier alpha value is -2.06. The van der Waals surface area contributed by atoms with Gasteiger partial charge in [-0.25, -0.2) is 8.42 Å². The van der Waals surface area contributed by atoms with Crippen molar-refractivity contribution in [2.75, 3.05) is 10.8 Å². The molecule has 9 heteroatoms. The summed E-state index contributed by atoms with van der Waals surface area (Å²) in [7, 11) is -3.96. The Labute approximate surface area is 200 Å². The highest BCUT2D eigenvalue weighted by atomic mass is 79.9. The number of nitrogens with one attached hydrogen (secondary N) is 1. The summed E-state index contributed by atoms with van der Waals surface area (Å²) >= 11 is 15.4. The van der Waals surface area contributed by atoms with E-state index in [2.05, 4.69) is 21.2 Å². The molecule has 0 saturated heterocycles. The Kier molecular flexibility index (Phi) is 7.64. The molecule has 1 amide bonds. The Morgan fingerprint density at radius 2 is 1.65 bits per heavy atom. The Morgan fingerprint density at radius 3 is 2.26 bits per heavy atom. The molecule has 0 aliphatic carbocycles. The first-order valence-electron chi connectivity index (χ1n) is 9.22. The standard InChI is InChI=1S/C22H19BrCl2N2O3S/c1-15-2-10-20(11-3-15)31(29,30)27(19-8-5-17(23)6-9-19)14-22(28)26-13-16-4-7-18(24)12-21(16)25/h2-12H,13-14H2,1H3,(H,26,28). The van der Waals surface area contributed by atoms with Gasteiger partial charge in [-0.2, -0.15) is 0 Å². The molecule has 31 heavy (non-hydrogen) atoms. The van der Waals surface area contributed by atoms with Crippen LogP contribution in [0.5, 0.6) is 0 Å². The van der Waals surface area contributed by atoms with Crippen LogP contribution in [-0.4, -0.2) is 20.9 Å². The van der Waals surface area contributed by atoms with Crippen molar-refractivity contribution >= 4 is 60.7 Å². The van der Waals surface area contributed by atoms with E-state index in [1.165, 1.54) is 12.1 Å². The lowest BCUT2D eigenvalue weighted by molar-refractivity contribution is -0.119. The Morgan fingerprint density at radius 1 is 1.00 bits per heavy atom. The topological polar surface area (TPSA) is 66.5 Å². The lowest BCUT2D eigenvalue weighted by Gasteiger charge is -2.24. The summed E-state index contributed by atoms with van der Waals surface area (Å²) in [6.45, 7) is 1.63. The Balaban J connectivity index is 1.85. The van der Waals surface area contributed by atoms with Crippen LogP contribution in [0.3, 0.4) is 0 Å². The van der Waals surface area contributed by atoms with Gasteiger partial charge in [0.1, 0.15) is 6.54 Å². The summed E-state index contributed by atoms with van der Waals surface area (Å²) in [6.07, 6.45) is 0. The van der Waals surface area contributed by atoms with Crippen molar-refractivity contribution in [3.05, 3.63) is 92.4 Å². The molecule has 3 aromatic rings. The van der Waals surface area contributed by atoms with Gasteiger partial charge in [0.25, 0.3) is 10.0 Å². The third-order valence-electron chi connectivity index (χ3n) is 4.50. The van der Waals surface area contributed by atoms with Crippen molar-refractivity contribution in [3.63, 3.8) is 0 Å². The highest BCUT2D eigenvalue weighted by Crippen LogP contribution is 2.26. The van der Waals surface area contributed by atoms with E-state index in [9.17, 15) is 13.2 Å². The van der Waals surface area contributed by atoms with Crippen molar-refractivity contribution in [1.29, 1.82) is 0 Å². The lowest BCUT2D eigenvalue weighted by Crippen LogP contribution is -2.40. The summed E-state index contributed by atoms with van der Waals surface area (Å²) in [5.74, 6) is -0.468. The van der Waals surface area contributed by atoms with E-state index >= 15 is 0 Å². The Bertz CT molecular complexity index is 1180. The fraction of sp³-hybridized carbons (Fsp3) is 0.136. The number of hydrogen-bond acceptors (Lipinski definition) is 3. The maximum Gasteiger partial charge on any atom is 0.264 e. The quantitative estimate of drug-likeness (QED) is 0.425. The molecule has 0 heterocycles. The summed E-state index contributed by atoms with van der Waals surface area (Å²) in [5, 5.41) is 3.63. The fourth-order valence-electron chi connectivity index (χ4n) is 2.81. The van der Waals surface area contributed by atoms with E-state index in [0.29, 0.717) is 21.3 Å². The van der Waals surface area contributed by atoms with Gasteiger partial charge in [0, 0.05) is 21.1 Å². The zero-order valence-electron chi connectivity index (χ0n) is 16.5. The smallest absolute Gasteiger partial charge is 0.264 e. The van der Waals surface area contributed by atoms with Crippen molar-refractivity contribution < 1.29 is 13.2 Å². The number of rotatable bonds is 7. The number of benzene rings is 3. The number of carbonyl (C=O) groups is 1. The molecule has 0 aliphatic rings. The highest BCUT2D eigenvalue weighted by Gasteiger charge is 2.27. The molecular formula is C22H19BrCl2N2O3S. The first kappa shape index (κ1) is 23.6. The van der Waals surface area contributed by atoms with Crippen molar-refractivity contribution in [2.24, 2.45) is 0 Å². The number of carbonyl (C=O) groups excluding carboxylic acids is 1. The second kappa shape index (κ2) is 10.0. The minimum absolute atomic E-state index is 0.106. The van der Waals surface area contributed by atoms with Gasteiger partial charge in [-0.05, 0) is 61.0 Å². The van der Waals surface area contributed by atoms with Gasteiger partial charge in [0.05, 0.1) is 10.6 Å². The SMILES string of the molecule is Cc1ccc(S(=O)(=O)N(CC(=O)NCc2ccc(Cl)cc2Cl)c2ccc(Br)cc2)cc1. The van der Waals surface area contributed by atoms with Gasteiger partial charge in [-0.1, -0.05) is 62.9 Å². The van der Waals surface area contributed by atoms with Gasteiger partial charge < -0.3 is 5.32 Å². The molecule has 3 rings (SSSR count). The van der Waals surface area contributed by atoms with Gasteiger partial charge in [0.2, 0.25) is 5.91 Å². The van der Waals surface area contributed by atoms with E-state index in [4.69, 9.17) is 23.2 Å². The third kappa shape index (κ3) is 6.01. The van der Waals surface area contributed by atoms with Crippen LogP contribution in [0.1, 0.15) is 11.1 Å². The number of nitrogens with zero attached hydrogens (tertiary/aromatic N) is 1. The molecule has 1 N–H and O–H groups in total. The van der Waals surface area contributed by atoms with E-state index < -0.39 is 15.9 Å². The summed E-state index contributed by atoms with van der Waals surface area (Å²) in [5.41, 5.74) is 1.99. The average Bonchev–Trinajstić information content (AvgIpc) is 2.72. The van der Waals surface area contributed by atoms with Crippen molar-refractivity contribution in [3.8, 4) is 0 Å². The molecule has 0 aliphatic heterocycles. The molecule has 0 unspecified atom stereocenters. The van der Waals surface area contributed by atoms with E-state index in [1.807, 2.05) is 6.92 Å². The first-order valence-corrected chi connectivity index (χ1v) is 12.2. The summed E-state index contributed by atoms with van der Waals surface area (Å²) in [6, 6.07) is 18.2. The molecule has 0 aromatic heterocycles. The van der Waals surface area contributed by atoms with Crippen LogP contribution >= 0.6 is 39.1 Å². The molecule has 0 saturated carbocycles. The predicted molar refractivity (Wildman–Crippen MR) is 128 cm³/mol. The normalized spacial score (nSPS) is 11.2. The van der Waals surface area contributed by atoms with Crippen LogP contribution in [0.2, 0.25) is 10.0 Å². The van der Waals surface area contributed by atoms with Crippen LogP contribution < -0.4 is 9.62 Å². The van der Waals surface area contributed by atoms with Crippen molar-refractivity contribution in [1.82, 2.24) is 5.32 Å². The maximum absolute atomic E-state index is 13.3. The molecule has 0 radical (unpaired) electrons. The maximum atomic E-state index is 13.3. The predicted octanol–water partition coefficient (Wildman–Crippen LogP) is 5.58. The van der Waals surface area contributed by atoms with Gasteiger partial charge >= 0.3 is 0 Å². The van der Waals surface area contributed by atoms with Crippen LogP contribution in [0.4, 0.5) is 5.69 Å². The van der Waals surface area contributed by atoms with Crippen LogP contribution in [0.25, 0.3) is 0 Å². The molecule has 0 spiro atoms. The van der Waals surface area contributed by atoms with Crippen molar-refractivity contribution in [2.45, 2.75) is 18.4 Å². The average molecular weight is 542 g/mol. The lowest BCUT2D eigenvalue weighted by atomic mass is 10.2. The zero-order valence-corrected chi connectivity index (χ0v) is 20.4. The third-order valence-corrected chi connectivity index (χ3v) is 7.41. The molecule has 162 valence electrons. The zero-order chi connectivity index (χ0) is 22.6. The van der Waals surface area contributed by atoms with Gasteiger partial charge in [-0.3, -0.25) is 9.10 Å². The molecular weight excluding hydrogens is 523 g/mol. The molecule has 5 nitrogen and oxygen atoms in total. The molecule has 0 fully saturated rings. The number of aryl methyl sites for hydroxylation is 1. The van der Waals surface area contributed by atoms with Gasteiger partial charge in [-0.15, -0.1) is 0 Å². The number of amides is 1. The van der Waals surface area contributed by atoms with E-state index in [1.54, 1.807) is 54.6 Å². The van der Waals surface area contributed by atoms with Gasteiger partial charge in [0.15, 0.2) is 0 Å².